The summed E-state index contributed by atoms with van der Waals surface area (Å²) >= 11 is 0. The van der Waals surface area contributed by atoms with Crippen LogP contribution in [-0.2, 0) is 6.42 Å². The quantitative estimate of drug-likeness (QED) is 0.627. The van der Waals surface area contributed by atoms with Crippen LogP contribution < -0.4 is 9.47 Å². The van der Waals surface area contributed by atoms with Gasteiger partial charge in [-0.3, -0.25) is 0 Å². The van der Waals surface area contributed by atoms with Crippen molar-refractivity contribution in [2.75, 3.05) is 14.2 Å². The molecule has 24 heavy (non-hydrogen) atoms. The van der Waals surface area contributed by atoms with Crippen LogP contribution in [0.15, 0.2) is 60.7 Å². The summed E-state index contributed by atoms with van der Waals surface area (Å²) in [6.07, 6.45) is 0.828. The van der Waals surface area contributed by atoms with Crippen LogP contribution in [0.25, 0.3) is 22.3 Å². The van der Waals surface area contributed by atoms with E-state index < -0.39 is 0 Å². The monoisotopic (exact) mass is 317 g/mol. The predicted molar refractivity (Wildman–Crippen MR) is 98.6 cm³/mol. The molecule has 0 heterocycles. The van der Waals surface area contributed by atoms with Crippen molar-refractivity contribution in [1.82, 2.24) is 0 Å². The molecule has 0 atom stereocenters. The zero-order valence-electron chi connectivity index (χ0n) is 14.3. The van der Waals surface area contributed by atoms with Crippen molar-refractivity contribution in [2.24, 2.45) is 0 Å². The van der Waals surface area contributed by atoms with Crippen molar-refractivity contribution in [2.45, 2.75) is 13.3 Å². The van der Waals surface area contributed by atoms with E-state index in [-0.39, 0.29) is 0 Å². The molecule has 121 valence electrons. The largest absolute Gasteiger partial charge is 0.493 e. The van der Waals surface area contributed by atoms with Gasteiger partial charge in [-0.1, -0.05) is 67.6 Å². The molecule has 0 fully saturated rings. The first-order chi connectivity index (χ1) is 11.8. The summed E-state index contributed by atoms with van der Waals surface area (Å²) in [5.41, 5.74) is 5.28. The van der Waals surface area contributed by atoms with Gasteiger partial charge in [0.25, 0.3) is 0 Å². The van der Waals surface area contributed by atoms with Gasteiger partial charge in [-0.15, -0.1) is 0 Å². The lowest BCUT2D eigenvalue weighted by Gasteiger charge is -2.20. The molecule has 3 rings (SSSR count). The van der Waals surface area contributed by atoms with Gasteiger partial charge in [0, 0.05) is 16.7 Å². The molecule has 3 aromatic carbocycles. The Labute approximate surface area is 143 Å². The van der Waals surface area contributed by atoms with Gasteiger partial charge < -0.3 is 9.47 Å². The molecule has 2 heteroatoms. The maximum atomic E-state index is 5.78. The Morgan fingerprint density at radius 1 is 0.750 bits per heavy atom. The molecule has 1 radical (unpaired) electrons. The van der Waals surface area contributed by atoms with E-state index >= 15 is 0 Å². The number of methoxy groups -OCH3 is 2. The highest BCUT2D eigenvalue weighted by atomic mass is 16.5. The molecular weight excluding hydrogens is 296 g/mol. The third kappa shape index (κ3) is 2.88. The molecule has 0 aromatic heterocycles. The fourth-order valence-corrected chi connectivity index (χ4v) is 3.00. The van der Waals surface area contributed by atoms with E-state index in [4.69, 9.17) is 9.47 Å². The molecule has 0 aliphatic carbocycles. The molecule has 2 nitrogen and oxygen atoms in total. The Morgan fingerprint density at radius 2 is 1.29 bits per heavy atom. The Kier molecular flexibility index (Phi) is 4.85. The summed E-state index contributed by atoms with van der Waals surface area (Å²) in [4.78, 5) is 0. The molecule has 0 saturated carbocycles. The normalized spacial score (nSPS) is 10.5. The lowest BCUT2D eigenvalue weighted by atomic mass is 9.90. The van der Waals surface area contributed by atoms with Gasteiger partial charge in [0.1, 0.15) is 0 Å². The van der Waals surface area contributed by atoms with E-state index in [2.05, 4.69) is 37.3 Å². The van der Waals surface area contributed by atoms with Gasteiger partial charge in [0.2, 0.25) is 0 Å². The van der Waals surface area contributed by atoms with Gasteiger partial charge in [-0.2, -0.15) is 0 Å². The first kappa shape index (κ1) is 16.1. The Hall–Kier alpha value is -2.74. The first-order valence-electron chi connectivity index (χ1n) is 8.11. The van der Waals surface area contributed by atoms with Crippen LogP contribution in [0.3, 0.4) is 0 Å². The third-order valence-corrected chi connectivity index (χ3v) is 4.12. The van der Waals surface area contributed by atoms with Crippen molar-refractivity contribution in [3.63, 3.8) is 0 Å². The molecule has 0 spiro atoms. The fraction of sp³-hybridized carbons (Fsp3) is 0.182. The average molecular weight is 317 g/mol. The fourth-order valence-electron chi connectivity index (χ4n) is 3.00. The highest BCUT2D eigenvalue weighted by Gasteiger charge is 2.21. The summed E-state index contributed by atoms with van der Waals surface area (Å²) in [5.74, 6) is 1.52. The second kappa shape index (κ2) is 7.22. The average Bonchev–Trinajstić information content (AvgIpc) is 2.67. The lowest BCUT2D eigenvalue weighted by molar-refractivity contribution is 0.353. The van der Waals surface area contributed by atoms with E-state index in [9.17, 15) is 0 Å². The summed E-state index contributed by atoms with van der Waals surface area (Å²) in [6, 6.07) is 24.1. The Balaban J connectivity index is 2.39. The molecule has 0 aliphatic heterocycles. The lowest BCUT2D eigenvalue weighted by Crippen LogP contribution is -2.00. The van der Waals surface area contributed by atoms with Crippen molar-refractivity contribution < 1.29 is 9.47 Å². The maximum absolute atomic E-state index is 5.78. The smallest absolute Gasteiger partial charge is 0.169 e. The number of hydrogen-bond acceptors (Lipinski definition) is 2. The van der Waals surface area contributed by atoms with Crippen LogP contribution in [-0.4, -0.2) is 14.2 Å². The van der Waals surface area contributed by atoms with Crippen molar-refractivity contribution >= 4 is 0 Å². The standard InChI is InChI=1S/C22H21O2/c1-4-16-15-19(17-11-7-5-8-12-17)20(18-13-9-6-10-14-18)22(24-3)21(16)23-2/h5-14H,4H2,1-3H3. The molecule has 0 aliphatic rings. The molecule has 3 aromatic rings. The topological polar surface area (TPSA) is 18.5 Å². The minimum atomic E-state index is 0.762. The van der Waals surface area contributed by atoms with E-state index in [1.54, 1.807) is 14.2 Å². The minimum absolute atomic E-state index is 0.762. The van der Waals surface area contributed by atoms with E-state index in [1.165, 1.54) is 0 Å². The van der Waals surface area contributed by atoms with Gasteiger partial charge in [0.15, 0.2) is 11.5 Å². The number of ether oxygens (including phenoxy) is 2. The van der Waals surface area contributed by atoms with E-state index in [0.29, 0.717) is 0 Å². The van der Waals surface area contributed by atoms with Crippen LogP contribution in [0.5, 0.6) is 11.5 Å². The molecule has 0 amide bonds. The van der Waals surface area contributed by atoms with Gasteiger partial charge >= 0.3 is 0 Å². The highest BCUT2D eigenvalue weighted by Crippen LogP contribution is 2.46. The maximum Gasteiger partial charge on any atom is 0.169 e. The van der Waals surface area contributed by atoms with Crippen molar-refractivity contribution in [3.05, 3.63) is 72.3 Å². The second-order valence-electron chi connectivity index (χ2n) is 5.51. The third-order valence-electron chi connectivity index (χ3n) is 4.12. The predicted octanol–water partition coefficient (Wildman–Crippen LogP) is 5.40. The Morgan fingerprint density at radius 3 is 1.79 bits per heavy atom. The van der Waals surface area contributed by atoms with E-state index in [0.717, 1.165) is 45.7 Å². The van der Waals surface area contributed by atoms with Crippen LogP contribution >= 0.6 is 0 Å². The Bertz CT molecular complexity index is 808. The number of hydrogen-bond donors (Lipinski definition) is 0. The van der Waals surface area contributed by atoms with Crippen molar-refractivity contribution in [3.8, 4) is 33.8 Å². The summed E-state index contributed by atoms with van der Waals surface area (Å²) < 4.78 is 11.4. The zero-order chi connectivity index (χ0) is 16.9. The molecular formula is C22H21O2. The van der Waals surface area contributed by atoms with Crippen molar-refractivity contribution in [1.29, 1.82) is 0 Å². The number of benzene rings is 3. The van der Waals surface area contributed by atoms with E-state index in [1.807, 2.05) is 36.4 Å². The zero-order valence-corrected chi connectivity index (χ0v) is 14.3. The van der Waals surface area contributed by atoms with Gasteiger partial charge in [0.05, 0.1) is 14.2 Å². The van der Waals surface area contributed by atoms with Crippen LogP contribution in [0.2, 0.25) is 0 Å². The summed E-state index contributed by atoms with van der Waals surface area (Å²) in [7, 11) is 3.38. The SMILES string of the molecule is CCc1[c]c(-c2ccccc2)c(-c2ccccc2)c(OC)c1OC. The van der Waals surface area contributed by atoms with Crippen LogP contribution in [0, 0.1) is 6.07 Å². The molecule has 0 unspecified atom stereocenters. The minimum Gasteiger partial charge on any atom is -0.493 e. The molecule has 0 bridgehead atoms. The van der Waals surface area contributed by atoms with Gasteiger partial charge in [-0.05, 0) is 23.6 Å². The van der Waals surface area contributed by atoms with Crippen LogP contribution in [0.1, 0.15) is 12.5 Å². The number of aryl methyl sites for hydroxylation is 1. The molecule has 0 saturated heterocycles. The second-order valence-corrected chi connectivity index (χ2v) is 5.51. The molecule has 0 N–H and O–H groups in total. The summed E-state index contributed by atoms with van der Waals surface area (Å²) in [6.45, 7) is 2.10. The summed E-state index contributed by atoms with van der Waals surface area (Å²) in [5, 5.41) is 0. The van der Waals surface area contributed by atoms with Gasteiger partial charge in [-0.25, -0.2) is 0 Å². The first-order valence-corrected chi connectivity index (χ1v) is 8.11. The van der Waals surface area contributed by atoms with Crippen LogP contribution in [0.4, 0.5) is 0 Å². The number of rotatable bonds is 5. The highest BCUT2D eigenvalue weighted by molar-refractivity contribution is 5.90.